The van der Waals surface area contributed by atoms with Crippen molar-refractivity contribution in [3.63, 3.8) is 0 Å². The van der Waals surface area contributed by atoms with E-state index >= 15 is 0 Å². The third kappa shape index (κ3) is 7.98. The van der Waals surface area contributed by atoms with E-state index in [1.807, 2.05) is 28.2 Å². The van der Waals surface area contributed by atoms with Gasteiger partial charge in [0.25, 0.3) is 0 Å². The molecule has 0 atom stereocenters. The molecule has 0 heterocycles. The van der Waals surface area contributed by atoms with Crippen LogP contribution >= 0.6 is 0 Å². The maximum absolute atomic E-state index is 9.49. The van der Waals surface area contributed by atoms with Crippen LogP contribution in [0.2, 0.25) is 0 Å². The van der Waals surface area contributed by atoms with Gasteiger partial charge in [-0.25, -0.2) is 0 Å². The molecule has 3 heteroatoms. The number of hydrogen-bond acceptors (Lipinski definition) is 3. The Kier molecular flexibility index (Phi) is 6.34. The van der Waals surface area contributed by atoms with Crippen molar-refractivity contribution < 1.29 is 5.11 Å². The van der Waals surface area contributed by atoms with Crippen LogP contribution in [0.25, 0.3) is 0 Å². The van der Waals surface area contributed by atoms with Crippen LogP contribution in [0.15, 0.2) is 0 Å². The van der Waals surface area contributed by atoms with Crippen LogP contribution < -0.4 is 0 Å². The van der Waals surface area contributed by atoms with Crippen LogP contribution in [0.3, 0.4) is 0 Å². The third-order valence-corrected chi connectivity index (χ3v) is 1.82. The summed E-state index contributed by atoms with van der Waals surface area (Å²) in [6.45, 7) is 1.93. The molecule has 1 N–H and O–H groups in total. The predicted molar refractivity (Wildman–Crippen MR) is 52.3 cm³/mol. The monoisotopic (exact) mass is 174 g/mol. The average Bonchev–Trinajstić information content (AvgIpc) is 1.96. The summed E-state index contributed by atoms with van der Waals surface area (Å²) < 4.78 is 0. The second-order valence-corrected chi connectivity index (χ2v) is 3.84. The van der Waals surface area contributed by atoms with Gasteiger partial charge in [-0.3, -0.25) is 0 Å². The largest absolute Gasteiger partial charge is 0.393 e. The van der Waals surface area contributed by atoms with Gasteiger partial charge in [-0.1, -0.05) is 0 Å². The molecule has 0 fully saturated rings. The lowest BCUT2D eigenvalue weighted by Gasteiger charge is -2.16. The molecule has 0 radical (unpaired) electrons. The van der Waals surface area contributed by atoms with Crippen molar-refractivity contribution in [2.24, 2.45) is 0 Å². The molecule has 0 aromatic carbocycles. The van der Waals surface area contributed by atoms with Gasteiger partial charge in [0.2, 0.25) is 0 Å². The Morgan fingerprint density at radius 1 is 0.917 bits per heavy atom. The van der Waals surface area contributed by atoms with E-state index in [0.29, 0.717) is 0 Å². The van der Waals surface area contributed by atoms with Crippen LogP contribution in [0.5, 0.6) is 0 Å². The van der Waals surface area contributed by atoms with E-state index in [1.165, 1.54) is 0 Å². The maximum Gasteiger partial charge on any atom is 0.0564 e. The summed E-state index contributed by atoms with van der Waals surface area (Å²) in [5.74, 6) is 0. The Morgan fingerprint density at radius 2 is 1.25 bits per heavy atom. The minimum absolute atomic E-state index is 0.144. The molecule has 12 heavy (non-hydrogen) atoms. The van der Waals surface area contributed by atoms with Crippen molar-refractivity contribution in [3.05, 3.63) is 0 Å². The van der Waals surface area contributed by atoms with Crippen LogP contribution in [0.1, 0.15) is 12.8 Å². The summed E-state index contributed by atoms with van der Waals surface area (Å²) >= 11 is 0. The fourth-order valence-corrected chi connectivity index (χ4v) is 0.959. The zero-order valence-corrected chi connectivity index (χ0v) is 8.75. The second-order valence-electron chi connectivity index (χ2n) is 3.84. The van der Waals surface area contributed by atoms with Crippen molar-refractivity contribution in [2.45, 2.75) is 18.9 Å². The summed E-state index contributed by atoms with van der Waals surface area (Å²) in [5, 5.41) is 9.49. The quantitative estimate of drug-likeness (QED) is 0.625. The zero-order valence-electron chi connectivity index (χ0n) is 8.75. The molecule has 0 rings (SSSR count). The molecule has 0 spiro atoms. The first-order valence-electron chi connectivity index (χ1n) is 4.50. The van der Waals surface area contributed by atoms with E-state index in [2.05, 4.69) is 9.80 Å². The van der Waals surface area contributed by atoms with Gasteiger partial charge in [-0.05, 0) is 54.1 Å². The van der Waals surface area contributed by atoms with E-state index in [-0.39, 0.29) is 6.10 Å². The first-order chi connectivity index (χ1) is 5.52. The van der Waals surface area contributed by atoms with Gasteiger partial charge < -0.3 is 14.9 Å². The lowest BCUT2D eigenvalue weighted by Crippen LogP contribution is -2.23. The average molecular weight is 174 g/mol. The molecule has 0 aromatic rings. The fraction of sp³-hybridized carbons (Fsp3) is 1.00. The SMILES string of the molecule is CN(C)CCC(O)CCN(C)C. The summed E-state index contributed by atoms with van der Waals surface area (Å²) in [5.41, 5.74) is 0. The van der Waals surface area contributed by atoms with Crippen LogP contribution in [0.4, 0.5) is 0 Å². The van der Waals surface area contributed by atoms with Crippen LogP contribution in [-0.2, 0) is 0 Å². The summed E-state index contributed by atoms with van der Waals surface area (Å²) in [6, 6.07) is 0. The number of hydrogen-bond donors (Lipinski definition) is 1. The van der Waals surface area contributed by atoms with Gasteiger partial charge in [0.15, 0.2) is 0 Å². The Balaban J connectivity index is 3.27. The lowest BCUT2D eigenvalue weighted by molar-refractivity contribution is 0.132. The summed E-state index contributed by atoms with van der Waals surface area (Å²) in [6.07, 6.45) is 1.61. The standard InChI is InChI=1S/C9H22N2O/c1-10(2)7-5-9(12)6-8-11(3)4/h9,12H,5-8H2,1-4H3. The molecular weight excluding hydrogens is 152 g/mol. The summed E-state index contributed by atoms with van der Waals surface area (Å²) in [7, 11) is 8.11. The first-order valence-corrected chi connectivity index (χ1v) is 4.50. The highest BCUT2D eigenvalue weighted by molar-refractivity contribution is 4.59. The molecule has 0 aliphatic heterocycles. The van der Waals surface area contributed by atoms with E-state index in [0.717, 1.165) is 25.9 Å². The maximum atomic E-state index is 9.49. The van der Waals surface area contributed by atoms with Crippen molar-refractivity contribution >= 4 is 0 Å². The van der Waals surface area contributed by atoms with Crippen molar-refractivity contribution in [2.75, 3.05) is 41.3 Å². The Hall–Kier alpha value is -0.120. The van der Waals surface area contributed by atoms with Gasteiger partial charge in [-0.2, -0.15) is 0 Å². The molecule has 74 valence electrons. The van der Waals surface area contributed by atoms with E-state index in [9.17, 15) is 5.11 Å². The molecular formula is C9H22N2O. The van der Waals surface area contributed by atoms with Gasteiger partial charge in [0, 0.05) is 0 Å². The summed E-state index contributed by atoms with van der Waals surface area (Å²) in [4.78, 5) is 4.19. The van der Waals surface area contributed by atoms with E-state index in [4.69, 9.17) is 0 Å². The predicted octanol–water partition coefficient (Wildman–Crippen LogP) is 0.251. The Labute approximate surface area is 76.0 Å². The van der Waals surface area contributed by atoms with Gasteiger partial charge in [0.1, 0.15) is 0 Å². The van der Waals surface area contributed by atoms with Gasteiger partial charge in [-0.15, -0.1) is 0 Å². The minimum Gasteiger partial charge on any atom is -0.393 e. The molecule has 0 amide bonds. The number of nitrogens with zero attached hydrogens (tertiary/aromatic N) is 2. The molecule has 0 unspecified atom stereocenters. The fourth-order valence-electron chi connectivity index (χ4n) is 0.959. The first kappa shape index (κ1) is 11.9. The normalized spacial score (nSPS) is 12.0. The molecule has 0 saturated carbocycles. The zero-order chi connectivity index (χ0) is 9.56. The van der Waals surface area contributed by atoms with Crippen molar-refractivity contribution in [1.82, 2.24) is 9.80 Å². The Morgan fingerprint density at radius 3 is 1.50 bits per heavy atom. The molecule has 0 bridgehead atoms. The highest BCUT2D eigenvalue weighted by Gasteiger charge is 2.04. The smallest absolute Gasteiger partial charge is 0.0564 e. The van der Waals surface area contributed by atoms with Gasteiger partial charge >= 0.3 is 0 Å². The number of aliphatic hydroxyl groups is 1. The number of rotatable bonds is 6. The highest BCUT2D eigenvalue weighted by atomic mass is 16.3. The Bertz CT molecular complexity index is 92.7. The molecule has 0 aromatic heterocycles. The third-order valence-electron chi connectivity index (χ3n) is 1.82. The van der Waals surface area contributed by atoms with Crippen LogP contribution in [-0.4, -0.2) is 62.3 Å². The topological polar surface area (TPSA) is 26.7 Å². The van der Waals surface area contributed by atoms with Crippen molar-refractivity contribution in [1.29, 1.82) is 0 Å². The minimum atomic E-state index is -0.144. The highest BCUT2D eigenvalue weighted by Crippen LogP contribution is 1.98. The molecule has 0 saturated heterocycles. The molecule has 0 aliphatic carbocycles. The number of aliphatic hydroxyl groups excluding tert-OH is 1. The van der Waals surface area contributed by atoms with Gasteiger partial charge in [0.05, 0.1) is 6.10 Å². The second kappa shape index (κ2) is 6.40. The van der Waals surface area contributed by atoms with Crippen LogP contribution in [0, 0.1) is 0 Å². The molecule has 3 nitrogen and oxygen atoms in total. The lowest BCUT2D eigenvalue weighted by atomic mass is 10.2. The molecule has 0 aliphatic rings. The van der Waals surface area contributed by atoms with E-state index < -0.39 is 0 Å². The van der Waals surface area contributed by atoms with Crippen molar-refractivity contribution in [3.8, 4) is 0 Å². The van der Waals surface area contributed by atoms with E-state index in [1.54, 1.807) is 0 Å².